The van der Waals surface area contributed by atoms with E-state index in [4.69, 9.17) is 5.73 Å². The Morgan fingerprint density at radius 3 is 2.76 bits per heavy atom. The molecule has 94 valence electrons. The molecule has 0 fully saturated rings. The molecule has 1 amide bonds. The Morgan fingerprint density at radius 2 is 2.12 bits per heavy atom. The molecule has 0 bridgehead atoms. The Morgan fingerprint density at radius 1 is 1.35 bits per heavy atom. The van der Waals surface area contributed by atoms with Gasteiger partial charge in [-0.1, -0.05) is 6.42 Å². The van der Waals surface area contributed by atoms with Crippen molar-refractivity contribution in [1.29, 1.82) is 0 Å². The average Bonchev–Trinajstić information content (AvgIpc) is 2.30. The van der Waals surface area contributed by atoms with Crippen LogP contribution in [-0.2, 0) is 4.79 Å². The highest BCUT2D eigenvalue weighted by atomic mass is 127. The number of benzene rings is 1. The van der Waals surface area contributed by atoms with E-state index in [2.05, 4.69) is 43.8 Å². The van der Waals surface area contributed by atoms with Crippen LogP contribution in [0.5, 0.6) is 0 Å². The van der Waals surface area contributed by atoms with Crippen LogP contribution in [-0.4, -0.2) is 12.5 Å². The summed E-state index contributed by atoms with van der Waals surface area (Å²) < 4.78 is 2.13. The maximum absolute atomic E-state index is 11.6. The van der Waals surface area contributed by atoms with E-state index in [-0.39, 0.29) is 5.91 Å². The first-order valence-corrected chi connectivity index (χ1v) is 7.45. The monoisotopic (exact) mass is 410 g/mol. The van der Waals surface area contributed by atoms with E-state index in [9.17, 15) is 4.79 Å². The lowest BCUT2D eigenvalue weighted by atomic mass is 10.2. The van der Waals surface area contributed by atoms with Crippen molar-refractivity contribution in [3.63, 3.8) is 0 Å². The zero-order valence-corrected chi connectivity index (χ0v) is 13.3. The van der Waals surface area contributed by atoms with Crippen LogP contribution in [0.1, 0.15) is 25.7 Å². The van der Waals surface area contributed by atoms with Gasteiger partial charge < -0.3 is 11.1 Å². The Kier molecular flexibility index (Phi) is 7.06. The normalized spacial score (nSPS) is 10.3. The van der Waals surface area contributed by atoms with Crippen molar-refractivity contribution in [3.8, 4) is 0 Å². The van der Waals surface area contributed by atoms with Gasteiger partial charge in [-0.2, -0.15) is 0 Å². The van der Waals surface area contributed by atoms with Crippen molar-refractivity contribution in [1.82, 2.24) is 0 Å². The van der Waals surface area contributed by atoms with Crippen LogP contribution >= 0.6 is 38.5 Å². The van der Waals surface area contributed by atoms with Crippen LogP contribution < -0.4 is 11.1 Å². The molecule has 0 aromatic heterocycles. The molecule has 0 saturated heterocycles. The smallest absolute Gasteiger partial charge is 0.224 e. The average molecular weight is 411 g/mol. The van der Waals surface area contributed by atoms with E-state index in [1.54, 1.807) is 0 Å². The summed E-state index contributed by atoms with van der Waals surface area (Å²) in [5.41, 5.74) is 6.24. The minimum Gasteiger partial charge on any atom is -0.330 e. The first-order valence-electron chi connectivity index (χ1n) is 5.58. The van der Waals surface area contributed by atoms with Gasteiger partial charge in [0.2, 0.25) is 5.91 Å². The van der Waals surface area contributed by atoms with Crippen LogP contribution in [0.25, 0.3) is 0 Å². The van der Waals surface area contributed by atoms with Gasteiger partial charge in [-0.25, -0.2) is 0 Å². The third-order valence-electron chi connectivity index (χ3n) is 2.31. The zero-order chi connectivity index (χ0) is 12.7. The maximum Gasteiger partial charge on any atom is 0.224 e. The van der Waals surface area contributed by atoms with E-state index < -0.39 is 0 Å². The summed E-state index contributed by atoms with van der Waals surface area (Å²) in [6.45, 7) is 0.701. The Balaban J connectivity index is 2.37. The summed E-state index contributed by atoms with van der Waals surface area (Å²) in [5, 5.41) is 2.89. The Bertz CT molecular complexity index is 385. The molecule has 5 heteroatoms. The second-order valence-corrected chi connectivity index (χ2v) is 5.79. The SMILES string of the molecule is NCCCCCC(=O)Nc1ccc(Br)c(I)c1. The minimum absolute atomic E-state index is 0.0696. The summed E-state index contributed by atoms with van der Waals surface area (Å²) in [7, 11) is 0. The van der Waals surface area contributed by atoms with Gasteiger partial charge in [-0.3, -0.25) is 4.79 Å². The summed E-state index contributed by atoms with van der Waals surface area (Å²) in [6.07, 6.45) is 3.47. The summed E-state index contributed by atoms with van der Waals surface area (Å²) in [4.78, 5) is 11.6. The minimum atomic E-state index is 0.0696. The van der Waals surface area contributed by atoms with Gasteiger partial charge in [0, 0.05) is 20.2 Å². The lowest BCUT2D eigenvalue weighted by molar-refractivity contribution is -0.116. The van der Waals surface area contributed by atoms with E-state index >= 15 is 0 Å². The molecular formula is C12H16BrIN2O. The highest BCUT2D eigenvalue weighted by Crippen LogP contribution is 2.22. The number of unbranched alkanes of at least 4 members (excludes halogenated alkanes) is 2. The lowest BCUT2D eigenvalue weighted by Crippen LogP contribution is -2.11. The van der Waals surface area contributed by atoms with Crippen LogP contribution in [0.3, 0.4) is 0 Å². The van der Waals surface area contributed by atoms with Crippen molar-refractivity contribution in [2.24, 2.45) is 5.73 Å². The number of carbonyl (C=O) groups excluding carboxylic acids is 1. The van der Waals surface area contributed by atoms with Gasteiger partial charge in [-0.15, -0.1) is 0 Å². The molecule has 0 aliphatic rings. The number of halogens is 2. The molecule has 1 aromatic rings. The number of carbonyl (C=O) groups is 1. The van der Waals surface area contributed by atoms with Gasteiger partial charge in [-0.05, 0) is 76.1 Å². The molecule has 0 radical (unpaired) electrons. The van der Waals surface area contributed by atoms with Gasteiger partial charge >= 0.3 is 0 Å². The zero-order valence-electron chi connectivity index (χ0n) is 9.51. The van der Waals surface area contributed by atoms with E-state index in [0.717, 1.165) is 33.0 Å². The fraction of sp³-hybridized carbons (Fsp3) is 0.417. The number of hydrogen-bond donors (Lipinski definition) is 2. The second kappa shape index (κ2) is 8.05. The summed E-state index contributed by atoms with van der Waals surface area (Å²) >= 11 is 5.65. The van der Waals surface area contributed by atoms with Crippen molar-refractivity contribution in [2.75, 3.05) is 11.9 Å². The van der Waals surface area contributed by atoms with Crippen molar-refractivity contribution >= 4 is 50.1 Å². The van der Waals surface area contributed by atoms with Gasteiger partial charge in [0.05, 0.1) is 0 Å². The maximum atomic E-state index is 11.6. The molecule has 0 aliphatic carbocycles. The fourth-order valence-electron chi connectivity index (χ4n) is 1.40. The summed E-state index contributed by atoms with van der Waals surface area (Å²) in [6, 6.07) is 5.78. The number of anilines is 1. The topological polar surface area (TPSA) is 55.1 Å². The molecule has 0 spiro atoms. The first kappa shape index (κ1) is 14.9. The van der Waals surface area contributed by atoms with Crippen LogP contribution in [0.15, 0.2) is 22.7 Å². The predicted octanol–water partition coefficient (Wildman–Crippen LogP) is 3.51. The molecule has 0 atom stereocenters. The lowest BCUT2D eigenvalue weighted by Gasteiger charge is -2.06. The summed E-state index contributed by atoms with van der Waals surface area (Å²) in [5.74, 6) is 0.0696. The molecule has 0 aliphatic heterocycles. The largest absolute Gasteiger partial charge is 0.330 e. The molecule has 3 nitrogen and oxygen atoms in total. The van der Waals surface area contributed by atoms with Gasteiger partial charge in [0.15, 0.2) is 0 Å². The second-order valence-electron chi connectivity index (χ2n) is 3.78. The van der Waals surface area contributed by atoms with Gasteiger partial charge in [0.25, 0.3) is 0 Å². The van der Waals surface area contributed by atoms with Crippen molar-refractivity contribution in [3.05, 3.63) is 26.2 Å². The van der Waals surface area contributed by atoms with Crippen molar-refractivity contribution in [2.45, 2.75) is 25.7 Å². The Labute approximate surface area is 124 Å². The van der Waals surface area contributed by atoms with E-state index in [1.165, 1.54) is 0 Å². The number of rotatable bonds is 6. The number of nitrogens with two attached hydrogens (primary N) is 1. The highest BCUT2D eigenvalue weighted by molar-refractivity contribution is 14.1. The third kappa shape index (κ3) is 5.83. The number of amides is 1. The van der Waals surface area contributed by atoms with Crippen LogP contribution in [0, 0.1) is 3.57 Å². The van der Waals surface area contributed by atoms with Crippen LogP contribution in [0.2, 0.25) is 0 Å². The standard InChI is InChI=1S/C12H16BrIN2O/c13-10-6-5-9(8-11(10)14)16-12(17)4-2-1-3-7-15/h5-6,8H,1-4,7,15H2,(H,16,17). The Hall–Kier alpha value is -0.140. The molecule has 1 rings (SSSR count). The van der Waals surface area contributed by atoms with E-state index in [1.807, 2.05) is 18.2 Å². The molecular weight excluding hydrogens is 395 g/mol. The predicted molar refractivity (Wildman–Crippen MR) is 83.0 cm³/mol. The number of hydrogen-bond acceptors (Lipinski definition) is 2. The first-order chi connectivity index (χ1) is 8.13. The fourth-order valence-corrected chi connectivity index (χ4v) is 2.17. The molecule has 17 heavy (non-hydrogen) atoms. The highest BCUT2D eigenvalue weighted by Gasteiger charge is 2.03. The molecule has 0 heterocycles. The number of nitrogens with one attached hydrogen (secondary N) is 1. The molecule has 1 aromatic carbocycles. The van der Waals surface area contributed by atoms with E-state index in [0.29, 0.717) is 13.0 Å². The molecule has 3 N–H and O–H groups in total. The van der Waals surface area contributed by atoms with Crippen molar-refractivity contribution < 1.29 is 4.79 Å². The third-order valence-corrected chi connectivity index (χ3v) is 4.64. The quantitative estimate of drug-likeness (QED) is 0.556. The van der Waals surface area contributed by atoms with Crippen LogP contribution in [0.4, 0.5) is 5.69 Å². The molecule has 0 saturated carbocycles. The molecule has 0 unspecified atom stereocenters. The van der Waals surface area contributed by atoms with Gasteiger partial charge in [0.1, 0.15) is 0 Å².